The molecule has 0 saturated heterocycles. The van der Waals surface area contributed by atoms with E-state index < -0.39 is 4.92 Å². The van der Waals surface area contributed by atoms with Crippen LogP contribution >= 0.6 is 0 Å². The van der Waals surface area contributed by atoms with Crippen molar-refractivity contribution < 1.29 is 9.72 Å². The van der Waals surface area contributed by atoms with E-state index in [-0.39, 0.29) is 17.6 Å². The van der Waals surface area contributed by atoms with Crippen LogP contribution in [0, 0.1) is 17.0 Å². The largest absolute Gasteiger partial charge is 0.351 e. The van der Waals surface area contributed by atoms with Crippen LogP contribution in [0.25, 0.3) is 0 Å². The Hall–Kier alpha value is -2.63. The first kappa shape index (κ1) is 14.8. The number of nitrogens with zero attached hydrogens (tertiary/aromatic N) is 2. The molecular formula is C15H17N3O3. The molecule has 0 spiro atoms. The molecule has 1 aromatic carbocycles. The molecule has 6 nitrogen and oxygen atoms in total. The second-order valence-electron chi connectivity index (χ2n) is 4.94. The molecule has 2 aromatic rings. The maximum Gasteiger partial charge on any atom is 0.274 e. The molecule has 1 aromatic heterocycles. The molecule has 0 saturated carbocycles. The van der Waals surface area contributed by atoms with Crippen molar-refractivity contribution in [3.8, 4) is 0 Å². The van der Waals surface area contributed by atoms with E-state index in [2.05, 4.69) is 5.32 Å². The van der Waals surface area contributed by atoms with E-state index in [0.29, 0.717) is 17.7 Å². The van der Waals surface area contributed by atoms with Gasteiger partial charge in [-0.15, -0.1) is 0 Å². The summed E-state index contributed by atoms with van der Waals surface area (Å²) in [4.78, 5) is 22.5. The minimum Gasteiger partial charge on any atom is -0.351 e. The van der Waals surface area contributed by atoms with E-state index in [9.17, 15) is 14.9 Å². The highest BCUT2D eigenvalue weighted by Gasteiger charge is 2.16. The second kappa shape index (κ2) is 6.21. The number of hydrogen-bond donors (Lipinski definition) is 1. The zero-order valence-corrected chi connectivity index (χ0v) is 11.9. The number of amides is 1. The highest BCUT2D eigenvalue weighted by molar-refractivity contribution is 5.92. The third-order valence-electron chi connectivity index (χ3n) is 3.39. The van der Waals surface area contributed by atoms with Gasteiger partial charge in [0.2, 0.25) is 5.91 Å². The van der Waals surface area contributed by atoms with Gasteiger partial charge in [-0.05, 0) is 32.0 Å². The molecule has 2 rings (SSSR count). The fourth-order valence-electron chi connectivity index (χ4n) is 2.17. The number of benzene rings is 1. The predicted octanol–water partition coefficient (Wildman–Crippen LogP) is 3.29. The first-order chi connectivity index (χ1) is 9.99. The summed E-state index contributed by atoms with van der Waals surface area (Å²) < 4.78 is 1.94. The van der Waals surface area contributed by atoms with Gasteiger partial charge in [-0.25, -0.2) is 0 Å². The molecule has 21 heavy (non-hydrogen) atoms. The van der Waals surface area contributed by atoms with Crippen LogP contribution in [-0.4, -0.2) is 15.4 Å². The summed E-state index contributed by atoms with van der Waals surface area (Å²) >= 11 is 0. The van der Waals surface area contributed by atoms with Crippen LogP contribution in [-0.2, 0) is 4.79 Å². The number of hydrogen-bond acceptors (Lipinski definition) is 3. The van der Waals surface area contributed by atoms with E-state index in [1.807, 2.05) is 36.0 Å². The number of aromatic nitrogens is 1. The van der Waals surface area contributed by atoms with E-state index in [4.69, 9.17) is 0 Å². The van der Waals surface area contributed by atoms with Crippen molar-refractivity contribution >= 4 is 17.3 Å². The van der Waals surface area contributed by atoms with Crippen LogP contribution in [0.3, 0.4) is 0 Å². The standard InChI is InChI=1S/C15H17N3O3/c1-11(17-8-3-4-9-17)10-15(19)16-13-6-5-7-14(12(13)2)18(20)21/h3-9,11H,10H2,1-2H3,(H,16,19)/t11-/m0/s1. The van der Waals surface area contributed by atoms with Crippen molar-refractivity contribution in [3.63, 3.8) is 0 Å². The Labute approximate surface area is 122 Å². The van der Waals surface area contributed by atoms with Crippen molar-refractivity contribution in [2.45, 2.75) is 26.3 Å². The van der Waals surface area contributed by atoms with Crippen LogP contribution in [0.5, 0.6) is 0 Å². The normalized spacial score (nSPS) is 11.9. The Kier molecular flexibility index (Phi) is 4.37. The maximum atomic E-state index is 12.1. The maximum absolute atomic E-state index is 12.1. The van der Waals surface area contributed by atoms with Crippen molar-refractivity contribution in [1.29, 1.82) is 0 Å². The van der Waals surface area contributed by atoms with Gasteiger partial charge >= 0.3 is 0 Å². The zero-order valence-electron chi connectivity index (χ0n) is 11.9. The lowest BCUT2D eigenvalue weighted by atomic mass is 10.1. The summed E-state index contributed by atoms with van der Waals surface area (Å²) in [7, 11) is 0. The summed E-state index contributed by atoms with van der Waals surface area (Å²) in [6.07, 6.45) is 4.10. The molecule has 6 heteroatoms. The average molecular weight is 287 g/mol. The smallest absolute Gasteiger partial charge is 0.274 e. The quantitative estimate of drug-likeness (QED) is 0.677. The van der Waals surface area contributed by atoms with E-state index >= 15 is 0 Å². The molecule has 1 amide bonds. The summed E-state index contributed by atoms with van der Waals surface area (Å²) in [5.74, 6) is -0.167. The average Bonchev–Trinajstić information content (AvgIpc) is 2.94. The van der Waals surface area contributed by atoms with Gasteiger partial charge < -0.3 is 9.88 Å². The molecular weight excluding hydrogens is 270 g/mol. The Balaban J connectivity index is 2.06. The lowest BCUT2D eigenvalue weighted by Crippen LogP contribution is -2.17. The fourth-order valence-corrected chi connectivity index (χ4v) is 2.17. The van der Waals surface area contributed by atoms with Crippen molar-refractivity contribution in [2.24, 2.45) is 0 Å². The minimum absolute atomic E-state index is 0.00579. The molecule has 110 valence electrons. The molecule has 0 unspecified atom stereocenters. The fraction of sp³-hybridized carbons (Fsp3) is 0.267. The summed E-state index contributed by atoms with van der Waals surface area (Å²) in [5.41, 5.74) is 0.949. The summed E-state index contributed by atoms with van der Waals surface area (Å²) in [6, 6.07) is 8.49. The highest BCUT2D eigenvalue weighted by Crippen LogP contribution is 2.25. The molecule has 0 fully saturated rings. The number of rotatable bonds is 5. The molecule has 0 aliphatic rings. The summed E-state index contributed by atoms with van der Waals surface area (Å²) in [6.45, 7) is 3.57. The minimum atomic E-state index is -0.451. The van der Waals surface area contributed by atoms with Gasteiger partial charge in [-0.2, -0.15) is 0 Å². The van der Waals surface area contributed by atoms with Crippen molar-refractivity contribution in [1.82, 2.24) is 4.57 Å². The summed E-state index contributed by atoms with van der Waals surface area (Å²) in [5, 5.41) is 13.6. The number of nitro benzene ring substituents is 1. The zero-order chi connectivity index (χ0) is 15.4. The van der Waals surface area contributed by atoms with Gasteiger partial charge in [0.1, 0.15) is 0 Å². The second-order valence-corrected chi connectivity index (χ2v) is 4.94. The lowest BCUT2D eigenvalue weighted by molar-refractivity contribution is -0.385. The molecule has 1 atom stereocenters. The Bertz CT molecular complexity index is 650. The lowest BCUT2D eigenvalue weighted by Gasteiger charge is -2.14. The van der Waals surface area contributed by atoms with Gasteiger partial charge in [-0.3, -0.25) is 14.9 Å². The molecule has 0 aliphatic carbocycles. The highest BCUT2D eigenvalue weighted by atomic mass is 16.6. The number of nitro groups is 1. The first-order valence-corrected chi connectivity index (χ1v) is 6.65. The molecule has 1 N–H and O–H groups in total. The molecule has 0 aliphatic heterocycles. The van der Waals surface area contributed by atoms with E-state index in [0.717, 1.165) is 0 Å². The van der Waals surface area contributed by atoms with E-state index in [1.165, 1.54) is 6.07 Å². The number of anilines is 1. The SMILES string of the molecule is Cc1c(NC(=O)C[C@H](C)n2cccc2)cccc1[N+](=O)[O-]. The van der Waals surface area contributed by atoms with Crippen LogP contribution < -0.4 is 5.32 Å². The van der Waals surface area contributed by atoms with Gasteiger partial charge in [0.15, 0.2) is 0 Å². The van der Waals surface area contributed by atoms with Crippen LogP contribution in [0.15, 0.2) is 42.7 Å². The number of nitrogens with one attached hydrogen (secondary N) is 1. The molecule has 0 radical (unpaired) electrons. The van der Waals surface area contributed by atoms with Crippen molar-refractivity contribution in [3.05, 3.63) is 58.4 Å². The van der Waals surface area contributed by atoms with E-state index in [1.54, 1.807) is 19.1 Å². The number of carbonyl (C=O) groups is 1. The third-order valence-corrected chi connectivity index (χ3v) is 3.39. The van der Waals surface area contributed by atoms with Gasteiger partial charge in [-0.1, -0.05) is 6.07 Å². The Morgan fingerprint density at radius 1 is 1.33 bits per heavy atom. The predicted molar refractivity (Wildman–Crippen MR) is 80.2 cm³/mol. The number of carbonyl (C=O) groups excluding carboxylic acids is 1. The molecule has 0 bridgehead atoms. The van der Waals surface area contributed by atoms with Gasteiger partial charge in [0.25, 0.3) is 5.69 Å². The van der Waals surface area contributed by atoms with Crippen LogP contribution in [0.4, 0.5) is 11.4 Å². The molecule has 1 heterocycles. The van der Waals surface area contributed by atoms with Crippen LogP contribution in [0.1, 0.15) is 24.9 Å². The Morgan fingerprint density at radius 3 is 2.62 bits per heavy atom. The van der Waals surface area contributed by atoms with Gasteiger partial charge in [0, 0.05) is 30.9 Å². The van der Waals surface area contributed by atoms with Gasteiger partial charge in [0.05, 0.1) is 16.2 Å². The first-order valence-electron chi connectivity index (χ1n) is 6.65. The topological polar surface area (TPSA) is 77.2 Å². The Morgan fingerprint density at radius 2 is 2.00 bits per heavy atom. The monoisotopic (exact) mass is 287 g/mol. The van der Waals surface area contributed by atoms with Crippen LogP contribution in [0.2, 0.25) is 0 Å². The van der Waals surface area contributed by atoms with Crippen molar-refractivity contribution in [2.75, 3.05) is 5.32 Å². The third kappa shape index (κ3) is 3.47.